The maximum Gasteiger partial charge on any atom is 0.194 e. The molecule has 0 bridgehead atoms. The van der Waals surface area contributed by atoms with Crippen molar-refractivity contribution in [3.05, 3.63) is 48.0 Å². The smallest absolute Gasteiger partial charge is 0.194 e. The second-order valence-electron chi connectivity index (χ2n) is 5.54. The molecule has 1 saturated heterocycles. The molecule has 3 rings (SSSR count). The molecule has 1 aromatic heterocycles. The Labute approximate surface area is 154 Å². The van der Waals surface area contributed by atoms with Crippen molar-refractivity contribution in [1.82, 2.24) is 25.0 Å². The summed E-state index contributed by atoms with van der Waals surface area (Å²) in [4.78, 5) is 10.9. The molecule has 7 heteroatoms. The summed E-state index contributed by atoms with van der Waals surface area (Å²) in [6.45, 7) is 2.66. The number of hydrogen-bond acceptors (Lipinski definition) is 3. The molecule has 23 heavy (non-hydrogen) atoms. The third-order valence-electron chi connectivity index (χ3n) is 4.18. The normalized spacial score (nSPS) is 17.9. The number of guanidine groups is 1. The lowest BCUT2D eigenvalue weighted by molar-refractivity contribution is 0.483. The summed E-state index contributed by atoms with van der Waals surface area (Å²) in [5.41, 5.74) is 1.41. The van der Waals surface area contributed by atoms with Crippen LogP contribution in [0.15, 0.2) is 41.7 Å². The monoisotopic (exact) mass is 426 g/mol. The van der Waals surface area contributed by atoms with E-state index in [2.05, 4.69) is 55.6 Å². The van der Waals surface area contributed by atoms with E-state index in [4.69, 9.17) is 0 Å². The Bertz CT molecular complexity index is 639. The van der Waals surface area contributed by atoms with Crippen LogP contribution in [0.2, 0.25) is 0 Å². The molecule has 1 N–H and O–H groups in total. The van der Waals surface area contributed by atoms with Crippen molar-refractivity contribution in [3.63, 3.8) is 0 Å². The summed E-state index contributed by atoms with van der Waals surface area (Å²) in [5, 5.41) is 7.46. The summed E-state index contributed by atoms with van der Waals surface area (Å²) in [7, 11) is 3.73. The van der Waals surface area contributed by atoms with Gasteiger partial charge >= 0.3 is 0 Å². The van der Waals surface area contributed by atoms with Crippen LogP contribution in [0, 0.1) is 0 Å². The molecule has 0 aliphatic carbocycles. The van der Waals surface area contributed by atoms with Crippen molar-refractivity contribution in [2.45, 2.75) is 18.9 Å². The molecular weight excluding hydrogens is 403 g/mol. The molecule has 1 fully saturated rings. The van der Waals surface area contributed by atoms with Crippen molar-refractivity contribution >= 4 is 29.9 Å². The predicted octanol–water partition coefficient (Wildman–Crippen LogP) is 2.00. The third kappa shape index (κ3) is 4.21. The highest BCUT2D eigenvalue weighted by molar-refractivity contribution is 14.0. The van der Waals surface area contributed by atoms with E-state index in [0.29, 0.717) is 12.5 Å². The maximum absolute atomic E-state index is 4.40. The first-order valence-corrected chi connectivity index (χ1v) is 7.61. The van der Waals surface area contributed by atoms with E-state index < -0.39 is 0 Å². The first-order valence-electron chi connectivity index (χ1n) is 7.61. The molecule has 1 unspecified atom stereocenters. The van der Waals surface area contributed by atoms with E-state index in [-0.39, 0.29) is 24.0 Å². The minimum Gasteiger partial charge on any atom is -0.349 e. The fourth-order valence-corrected chi connectivity index (χ4v) is 2.92. The fourth-order valence-electron chi connectivity index (χ4n) is 2.92. The summed E-state index contributed by atoms with van der Waals surface area (Å²) in [6, 6.07) is 10.7. The van der Waals surface area contributed by atoms with Crippen LogP contribution in [0.25, 0.3) is 0 Å². The highest BCUT2D eigenvalue weighted by Gasteiger charge is 2.25. The lowest BCUT2D eigenvalue weighted by atomic mass is 9.99. The highest BCUT2D eigenvalue weighted by atomic mass is 127. The number of aliphatic imine (C=N–C) groups is 1. The summed E-state index contributed by atoms with van der Waals surface area (Å²) >= 11 is 0. The highest BCUT2D eigenvalue weighted by Crippen LogP contribution is 2.26. The molecule has 1 atom stereocenters. The van der Waals surface area contributed by atoms with E-state index in [1.54, 1.807) is 11.0 Å². The Hall–Kier alpha value is -1.64. The maximum atomic E-state index is 4.40. The fraction of sp³-hybridized carbons (Fsp3) is 0.438. The van der Waals surface area contributed by atoms with Crippen molar-refractivity contribution in [2.24, 2.45) is 12.0 Å². The van der Waals surface area contributed by atoms with E-state index in [9.17, 15) is 0 Å². The first kappa shape index (κ1) is 17.7. The lowest BCUT2D eigenvalue weighted by Crippen LogP contribution is -2.40. The van der Waals surface area contributed by atoms with Gasteiger partial charge in [-0.1, -0.05) is 30.3 Å². The van der Waals surface area contributed by atoms with E-state index >= 15 is 0 Å². The minimum absolute atomic E-state index is 0. The molecule has 1 aliphatic heterocycles. The molecule has 124 valence electrons. The zero-order chi connectivity index (χ0) is 15.4. The number of nitrogens with one attached hydrogen (secondary N) is 1. The van der Waals surface area contributed by atoms with Gasteiger partial charge < -0.3 is 10.2 Å². The Kier molecular flexibility index (Phi) is 6.37. The minimum atomic E-state index is 0. The van der Waals surface area contributed by atoms with Gasteiger partial charge in [0.1, 0.15) is 12.2 Å². The average Bonchev–Trinajstić information content (AvgIpc) is 3.19. The molecular formula is C16H23IN6. The molecule has 0 radical (unpaired) electrons. The van der Waals surface area contributed by atoms with Gasteiger partial charge in [-0.25, -0.2) is 4.98 Å². The molecule has 0 saturated carbocycles. The van der Waals surface area contributed by atoms with Gasteiger partial charge in [0.15, 0.2) is 5.96 Å². The number of aryl methyl sites for hydroxylation is 1. The SMILES string of the molecule is CN=C(NCc1ncnn1C)N1CCC(c2ccccc2)C1.I. The van der Waals surface area contributed by atoms with Crippen LogP contribution in [-0.2, 0) is 13.6 Å². The standard InChI is InChI=1S/C16H22N6.HI/c1-17-16(18-10-15-19-12-20-21(15)2)22-9-8-14(11-22)13-6-4-3-5-7-13;/h3-7,12,14H,8-11H2,1-2H3,(H,17,18);1H. The number of halogens is 1. The molecule has 2 aromatic rings. The van der Waals surface area contributed by atoms with Gasteiger partial charge in [-0.2, -0.15) is 5.10 Å². The number of benzene rings is 1. The Balaban J connectivity index is 0.00000192. The quantitative estimate of drug-likeness (QED) is 0.464. The van der Waals surface area contributed by atoms with E-state index in [0.717, 1.165) is 31.3 Å². The van der Waals surface area contributed by atoms with Crippen LogP contribution in [0.4, 0.5) is 0 Å². The van der Waals surface area contributed by atoms with Crippen LogP contribution >= 0.6 is 24.0 Å². The zero-order valence-corrected chi connectivity index (χ0v) is 15.8. The lowest BCUT2D eigenvalue weighted by Gasteiger charge is -2.21. The molecule has 0 amide bonds. The predicted molar refractivity (Wildman–Crippen MR) is 102 cm³/mol. The van der Waals surface area contributed by atoms with Crippen molar-refractivity contribution in [2.75, 3.05) is 20.1 Å². The van der Waals surface area contributed by atoms with Gasteiger partial charge in [0, 0.05) is 33.1 Å². The zero-order valence-electron chi connectivity index (χ0n) is 13.5. The summed E-state index contributed by atoms with van der Waals surface area (Å²) < 4.78 is 1.77. The molecule has 2 heterocycles. The number of nitrogens with zero attached hydrogens (tertiary/aromatic N) is 5. The van der Waals surface area contributed by atoms with Gasteiger partial charge in [0.25, 0.3) is 0 Å². The van der Waals surface area contributed by atoms with Gasteiger partial charge in [0.2, 0.25) is 0 Å². The Morgan fingerprint density at radius 1 is 1.35 bits per heavy atom. The topological polar surface area (TPSA) is 58.3 Å². The molecule has 1 aliphatic rings. The average molecular weight is 426 g/mol. The Morgan fingerprint density at radius 2 is 2.13 bits per heavy atom. The van der Waals surface area contributed by atoms with Crippen LogP contribution in [0.1, 0.15) is 23.7 Å². The third-order valence-corrected chi connectivity index (χ3v) is 4.18. The van der Waals surface area contributed by atoms with Gasteiger partial charge in [0.05, 0.1) is 6.54 Å². The van der Waals surface area contributed by atoms with E-state index in [1.165, 1.54) is 5.56 Å². The Morgan fingerprint density at radius 3 is 2.78 bits per heavy atom. The molecule has 6 nitrogen and oxygen atoms in total. The van der Waals surface area contributed by atoms with Crippen molar-refractivity contribution < 1.29 is 0 Å². The van der Waals surface area contributed by atoms with Gasteiger partial charge in [-0.15, -0.1) is 24.0 Å². The van der Waals surface area contributed by atoms with Gasteiger partial charge in [-0.05, 0) is 12.0 Å². The second kappa shape index (κ2) is 8.28. The van der Waals surface area contributed by atoms with Crippen LogP contribution < -0.4 is 5.32 Å². The largest absolute Gasteiger partial charge is 0.349 e. The first-order chi connectivity index (χ1) is 10.8. The number of likely N-dealkylation sites (tertiary alicyclic amines) is 1. The summed E-state index contributed by atoms with van der Waals surface area (Å²) in [5.74, 6) is 2.41. The molecule has 0 spiro atoms. The van der Waals surface area contributed by atoms with Crippen LogP contribution in [0.3, 0.4) is 0 Å². The van der Waals surface area contributed by atoms with E-state index in [1.807, 2.05) is 14.1 Å². The van der Waals surface area contributed by atoms with Crippen molar-refractivity contribution in [3.8, 4) is 0 Å². The number of aromatic nitrogens is 3. The van der Waals surface area contributed by atoms with Gasteiger partial charge in [-0.3, -0.25) is 9.67 Å². The summed E-state index contributed by atoms with van der Waals surface area (Å²) in [6.07, 6.45) is 2.73. The number of hydrogen-bond donors (Lipinski definition) is 1. The van der Waals surface area contributed by atoms with Crippen molar-refractivity contribution in [1.29, 1.82) is 0 Å². The molecule has 1 aromatic carbocycles. The van der Waals surface area contributed by atoms with Crippen LogP contribution in [0.5, 0.6) is 0 Å². The number of rotatable bonds is 3. The second-order valence-corrected chi connectivity index (χ2v) is 5.54. The van der Waals surface area contributed by atoms with Crippen LogP contribution in [-0.4, -0.2) is 45.8 Å².